The van der Waals surface area contributed by atoms with E-state index in [4.69, 9.17) is 0 Å². The van der Waals surface area contributed by atoms with Crippen LogP contribution in [0.2, 0.25) is 0 Å². The van der Waals surface area contributed by atoms with Crippen LogP contribution in [-0.4, -0.2) is 57.5 Å². The Hall–Kier alpha value is -3.33. The molecule has 1 fully saturated rings. The van der Waals surface area contributed by atoms with E-state index in [1.54, 1.807) is 0 Å². The second-order valence-corrected chi connectivity index (χ2v) is 7.02. The molecule has 1 saturated heterocycles. The molecule has 1 aromatic carbocycles. The minimum absolute atomic E-state index is 0.102. The van der Waals surface area contributed by atoms with Crippen LogP contribution in [0.4, 0.5) is 23.0 Å². The van der Waals surface area contributed by atoms with Gasteiger partial charge in [0.05, 0.1) is 10.4 Å². The Balaban J connectivity index is 1.71. The number of nitro groups is 1. The Morgan fingerprint density at radius 2 is 1.93 bits per heavy atom. The van der Waals surface area contributed by atoms with E-state index in [9.17, 15) is 10.1 Å². The van der Waals surface area contributed by atoms with Crippen LogP contribution in [0.1, 0.15) is 12.6 Å². The molecule has 9 heteroatoms. The van der Waals surface area contributed by atoms with E-state index in [0.717, 1.165) is 41.9 Å². The highest BCUT2D eigenvalue weighted by Gasteiger charge is 2.29. The maximum absolute atomic E-state index is 11.9. The van der Waals surface area contributed by atoms with Crippen molar-refractivity contribution >= 4 is 33.9 Å². The zero-order valence-electron chi connectivity index (χ0n) is 16.5. The van der Waals surface area contributed by atoms with Gasteiger partial charge < -0.3 is 15.1 Å². The van der Waals surface area contributed by atoms with Gasteiger partial charge in [0.25, 0.3) is 0 Å². The van der Waals surface area contributed by atoms with Crippen molar-refractivity contribution in [3.05, 3.63) is 52.5 Å². The van der Waals surface area contributed by atoms with Crippen LogP contribution in [0.3, 0.4) is 0 Å². The van der Waals surface area contributed by atoms with Gasteiger partial charge in [-0.15, -0.1) is 0 Å². The maximum atomic E-state index is 11.9. The lowest BCUT2D eigenvalue weighted by Crippen LogP contribution is -2.46. The van der Waals surface area contributed by atoms with E-state index in [1.807, 2.05) is 42.2 Å². The number of benzene rings is 1. The predicted octanol–water partition coefficient (Wildman–Crippen LogP) is 3.13. The van der Waals surface area contributed by atoms with Crippen molar-refractivity contribution in [2.45, 2.75) is 13.8 Å². The van der Waals surface area contributed by atoms with Crippen molar-refractivity contribution in [3.8, 4) is 0 Å². The molecule has 9 nitrogen and oxygen atoms in total. The van der Waals surface area contributed by atoms with Gasteiger partial charge in [0.2, 0.25) is 11.6 Å². The van der Waals surface area contributed by atoms with Gasteiger partial charge in [-0.2, -0.15) is 0 Å². The molecule has 0 radical (unpaired) electrons. The van der Waals surface area contributed by atoms with Crippen molar-refractivity contribution in [1.82, 2.24) is 19.9 Å². The normalized spacial score (nSPS) is 14.9. The smallest absolute Gasteiger partial charge is 0.348 e. The van der Waals surface area contributed by atoms with E-state index in [-0.39, 0.29) is 11.5 Å². The van der Waals surface area contributed by atoms with E-state index < -0.39 is 4.92 Å². The zero-order chi connectivity index (χ0) is 20.4. The average molecular weight is 393 g/mol. The summed E-state index contributed by atoms with van der Waals surface area (Å²) in [4.78, 5) is 28.8. The quantitative estimate of drug-likeness (QED) is 0.521. The molecule has 1 aliphatic rings. The molecule has 1 aliphatic heterocycles. The minimum Gasteiger partial charge on any atom is -0.348 e. The molecule has 0 amide bonds. The third-order valence-electron chi connectivity index (χ3n) is 5.23. The highest BCUT2D eigenvalue weighted by molar-refractivity contribution is 5.94. The molecule has 150 valence electrons. The lowest BCUT2D eigenvalue weighted by molar-refractivity contribution is -0.383. The van der Waals surface area contributed by atoms with Crippen LogP contribution in [0.5, 0.6) is 0 Å². The molecular weight excluding hydrogens is 370 g/mol. The van der Waals surface area contributed by atoms with E-state index in [0.29, 0.717) is 18.9 Å². The van der Waals surface area contributed by atoms with Gasteiger partial charge in [0.1, 0.15) is 6.33 Å². The van der Waals surface area contributed by atoms with Crippen molar-refractivity contribution in [2.24, 2.45) is 0 Å². The molecular formula is C20H23N7O2. The molecule has 2 aromatic heterocycles. The fourth-order valence-corrected chi connectivity index (χ4v) is 3.63. The first-order valence-corrected chi connectivity index (χ1v) is 9.67. The summed E-state index contributed by atoms with van der Waals surface area (Å²) in [5.74, 6) is 0.545. The predicted molar refractivity (Wildman–Crippen MR) is 113 cm³/mol. The number of likely N-dealkylation sites (N-methyl/N-ethyl adjacent to an activating group) is 1. The lowest BCUT2D eigenvalue weighted by atomic mass is 10.1. The number of aromatic nitrogens is 3. The number of anilines is 3. The Morgan fingerprint density at radius 3 is 2.66 bits per heavy atom. The second kappa shape index (κ2) is 7.96. The van der Waals surface area contributed by atoms with Gasteiger partial charge in [-0.25, -0.2) is 9.97 Å². The standard InChI is InChI=1S/C20H23N7O2/c1-3-25-9-11-26(12-10-25)20-18(27(28)29)19(21-13-22-20)24-17-6-4-5-16-15(17)8-7-14(2)23-16/h4-8,13H,3,9-12H2,1-2H3,(H,21,22,24). The summed E-state index contributed by atoms with van der Waals surface area (Å²) < 4.78 is 0. The number of nitrogens with zero attached hydrogens (tertiary/aromatic N) is 6. The van der Waals surface area contributed by atoms with E-state index in [1.165, 1.54) is 6.33 Å². The second-order valence-electron chi connectivity index (χ2n) is 7.02. The first-order chi connectivity index (χ1) is 14.1. The molecule has 0 bridgehead atoms. The number of aryl methyl sites for hydroxylation is 1. The third-order valence-corrected chi connectivity index (χ3v) is 5.23. The molecule has 29 heavy (non-hydrogen) atoms. The number of rotatable bonds is 5. The van der Waals surface area contributed by atoms with E-state index >= 15 is 0 Å². The average Bonchev–Trinajstić information content (AvgIpc) is 2.73. The molecule has 3 aromatic rings. The number of piperazine rings is 1. The Morgan fingerprint density at radius 1 is 1.14 bits per heavy atom. The fraction of sp³-hybridized carbons (Fsp3) is 0.350. The molecule has 1 N–H and O–H groups in total. The summed E-state index contributed by atoms with van der Waals surface area (Å²) in [6.07, 6.45) is 1.38. The van der Waals surface area contributed by atoms with Crippen LogP contribution >= 0.6 is 0 Å². The van der Waals surface area contributed by atoms with Gasteiger partial charge in [-0.05, 0) is 37.7 Å². The number of fused-ring (bicyclic) bond motifs is 1. The molecule has 0 aliphatic carbocycles. The van der Waals surface area contributed by atoms with Crippen LogP contribution in [0.15, 0.2) is 36.7 Å². The van der Waals surface area contributed by atoms with Crippen molar-refractivity contribution < 1.29 is 4.92 Å². The van der Waals surface area contributed by atoms with Crippen molar-refractivity contribution in [3.63, 3.8) is 0 Å². The number of hydrogen-bond acceptors (Lipinski definition) is 8. The van der Waals surface area contributed by atoms with Crippen molar-refractivity contribution in [2.75, 3.05) is 42.9 Å². The summed E-state index contributed by atoms with van der Waals surface area (Å²) in [5.41, 5.74) is 2.35. The summed E-state index contributed by atoms with van der Waals surface area (Å²) in [7, 11) is 0. The summed E-state index contributed by atoms with van der Waals surface area (Å²) in [6.45, 7) is 8.13. The zero-order valence-corrected chi connectivity index (χ0v) is 16.5. The summed E-state index contributed by atoms with van der Waals surface area (Å²) in [5, 5.41) is 16.0. The molecule has 3 heterocycles. The Kier molecular flexibility index (Phi) is 5.22. The number of pyridine rings is 1. The van der Waals surface area contributed by atoms with Crippen LogP contribution in [-0.2, 0) is 0 Å². The van der Waals surface area contributed by atoms with Gasteiger partial charge in [0.15, 0.2) is 0 Å². The summed E-state index contributed by atoms with van der Waals surface area (Å²) >= 11 is 0. The lowest BCUT2D eigenvalue weighted by Gasteiger charge is -2.34. The van der Waals surface area contributed by atoms with Gasteiger partial charge in [-0.1, -0.05) is 13.0 Å². The first kappa shape index (κ1) is 19.0. The SMILES string of the molecule is CCN1CCN(c2ncnc(Nc3cccc4nc(C)ccc34)c2[N+](=O)[O-])CC1. The van der Waals surface area contributed by atoms with E-state index in [2.05, 4.69) is 32.1 Å². The summed E-state index contributed by atoms with van der Waals surface area (Å²) in [6, 6.07) is 9.53. The number of hydrogen-bond donors (Lipinski definition) is 1. The fourth-order valence-electron chi connectivity index (χ4n) is 3.63. The monoisotopic (exact) mass is 393 g/mol. The third kappa shape index (κ3) is 3.81. The van der Waals surface area contributed by atoms with Gasteiger partial charge in [-0.3, -0.25) is 15.1 Å². The van der Waals surface area contributed by atoms with Crippen LogP contribution < -0.4 is 10.2 Å². The van der Waals surface area contributed by atoms with Crippen molar-refractivity contribution in [1.29, 1.82) is 0 Å². The molecule has 4 rings (SSSR count). The molecule has 0 unspecified atom stereocenters. The minimum atomic E-state index is -0.405. The maximum Gasteiger partial charge on any atom is 0.353 e. The van der Waals surface area contributed by atoms with Crippen LogP contribution in [0.25, 0.3) is 10.9 Å². The highest BCUT2D eigenvalue weighted by atomic mass is 16.6. The van der Waals surface area contributed by atoms with Gasteiger partial charge >= 0.3 is 5.69 Å². The Bertz CT molecular complexity index is 1050. The van der Waals surface area contributed by atoms with Crippen LogP contribution in [0, 0.1) is 17.0 Å². The highest BCUT2D eigenvalue weighted by Crippen LogP contribution is 2.35. The molecule has 0 spiro atoms. The number of nitrogens with one attached hydrogen (secondary N) is 1. The Labute approximate surface area is 168 Å². The molecule has 0 saturated carbocycles. The van der Waals surface area contributed by atoms with Gasteiger partial charge in [0, 0.05) is 42.9 Å². The first-order valence-electron chi connectivity index (χ1n) is 9.67. The largest absolute Gasteiger partial charge is 0.353 e. The topological polar surface area (TPSA) is 100 Å². The molecule has 0 atom stereocenters.